The Morgan fingerprint density at radius 2 is 2.12 bits per heavy atom. The lowest BCUT2D eigenvalue weighted by Crippen LogP contribution is -2.56. The zero-order chi connectivity index (χ0) is 16.4. The van der Waals surface area contributed by atoms with Gasteiger partial charge in [-0.25, -0.2) is 4.79 Å². The largest absolute Gasteiger partial charge is 0.372 e. The van der Waals surface area contributed by atoms with E-state index in [0.29, 0.717) is 19.8 Å². The average Bonchev–Trinajstić information content (AvgIpc) is 3.30. The third-order valence-electron chi connectivity index (χ3n) is 5.33. The maximum Gasteiger partial charge on any atom is 0.320 e. The number of aromatic nitrogens is 1. The van der Waals surface area contributed by atoms with Crippen molar-refractivity contribution in [2.24, 2.45) is 0 Å². The van der Waals surface area contributed by atoms with Gasteiger partial charge in [0.15, 0.2) is 0 Å². The van der Waals surface area contributed by atoms with Gasteiger partial charge in [0.1, 0.15) is 6.10 Å². The van der Waals surface area contributed by atoms with Crippen molar-refractivity contribution in [2.45, 2.75) is 50.5 Å². The number of carbonyl (C=O) groups excluding carboxylic acids is 1. The van der Waals surface area contributed by atoms with Crippen molar-refractivity contribution in [3.63, 3.8) is 0 Å². The SMILES string of the molecule is O=C(N1CCCC1)N1CCO[C@H]2[C@H]1CC[C@H]2OCc1ccccn1. The van der Waals surface area contributed by atoms with Crippen LogP contribution in [-0.2, 0) is 16.1 Å². The fourth-order valence-corrected chi connectivity index (χ4v) is 4.10. The van der Waals surface area contributed by atoms with Crippen LogP contribution in [0.2, 0.25) is 0 Å². The molecule has 2 amide bonds. The van der Waals surface area contributed by atoms with Crippen LogP contribution in [0, 0.1) is 0 Å². The summed E-state index contributed by atoms with van der Waals surface area (Å²) in [5, 5.41) is 0. The topological polar surface area (TPSA) is 54.9 Å². The first-order valence-corrected chi connectivity index (χ1v) is 9.01. The highest BCUT2D eigenvalue weighted by molar-refractivity contribution is 5.75. The molecule has 2 aliphatic heterocycles. The van der Waals surface area contributed by atoms with E-state index in [-0.39, 0.29) is 24.3 Å². The number of urea groups is 1. The molecule has 0 radical (unpaired) electrons. The van der Waals surface area contributed by atoms with Crippen molar-refractivity contribution in [1.29, 1.82) is 0 Å². The quantitative estimate of drug-likeness (QED) is 0.851. The van der Waals surface area contributed by atoms with Crippen LogP contribution in [0.1, 0.15) is 31.4 Å². The first-order valence-electron chi connectivity index (χ1n) is 9.01. The monoisotopic (exact) mass is 331 g/mol. The van der Waals surface area contributed by atoms with Gasteiger partial charge in [-0.2, -0.15) is 0 Å². The van der Waals surface area contributed by atoms with Crippen LogP contribution in [0.25, 0.3) is 0 Å². The summed E-state index contributed by atoms with van der Waals surface area (Å²) in [6.07, 6.45) is 5.97. The second kappa shape index (κ2) is 7.07. The predicted molar refractivity (Wildman–Crippen MR) is 88.5 cm³/mol. The van der Waals surface area contributed by atoms with Crippen molar-refractivity contribution in [3.8, 4) is 0 Å². The minimum Gasteiger partial charge on any atom is -0.372 e. The van der Waals surface area contributed by atoms with Gasteiger partial charge in [-0.1, -0.05) is 6.07 Å². The van der Waals surface area contributed by atoms with Gasteiger partial charge >= 0.3 is 6.03 Å². The van der Waals surface area contributed by atoms with Crippen LogP contribution >= 0.6 is 0 Å². The smallest absolute Gasteiger partial charge is 0.320 e. The number of nitrogens with zero attached hydrogens (tertiary/aromatic N) is 3. The highest BCUT2D eigenvalue weighted by Crippen LogP contribution is 2.33. The van der Waals surface area contributed by atoms with Crippen molar-refractivity contribution in [3.05, 3.63) is 30.1 Å². The summed E-state index contributed by atoms with van der Waals surface area (Å²) in [5.41, 5.74) is 0.932. The molecular formula is C18H25N3O3. The van der Waals surface area contributed by atoms with Gasteiger partial charge in [-0.05, 0) is 37.8 Å². The molecule has 2 saturated heterocycles. The zero-order valence-electron chi connectivity index (χ0n) is 14.0. The van der Waals surface area contributed by atoms with Gasteiger partial charge < -0.3 is 19.3 Å². The Kier molecular flexibility index (Phi) is 4.67. The number of carbonyl (C=O) groups is 1. The average molecular weight is 331 g/mol. The Labute approximate surface area is 142 Å². The predicted octanol–water partition coefficient (Wildman–Crippen LogP) is 2.05. The van der Waals surface area contributed by atoms with E-state index < -0.39 is 0 Å². The molecule has 1 aromatic rings. The molecule has 3 fully saturated rings. The molecule has 1 aliphatic carbocycles. The molecule has 4 rings (SSSR count). The lowest BCUT2D eigenvalue weighted by Gasteiger charge is -2.40. The lowest BCUT2D eigenvalue weighted by atomic mass is 10.1. The number of hydrogen-bond acceptors (Lipinski definition) is 4. The van der Waals surface area contributed by atoms with E-state index in [0.717, 1.165) is 44.5 Å². The van der Waals surface area contributed by atoms with E-state index >= 15 is 0 Å². The van der Waals surface area contributed by atoms with Crippen LogP contribution in [-0.4, -0.2) is 65.3 Å². The molecule has 6 nitrogen and oxygen atoms in total. The van der Waals surface area contributed by atoms with E-state index in [2.05, 4.69) is 4.98 Å². The van der Waals surface area contributed by atoms with Crippen molar-refractivity contribution in [2.75, 3.05) is 26.2 Å². The summed E-state index contributed by atoms with van der Waals surface area (Å²) in [7, 11) is 0. The molecule has 0 spiro atoms. The molecule has 3 aliphatic rings. The minimum atomic E-state index is -0.00554. The Hall–Kier alpha value is -1.66. The minimum absolute atomic E-state index is 0.00554. The summed E-state index contributed by atoms with van der Waals surface area (Å²) in [6.45, 7) is 3.59. The standard InChI is InChI=1S/C18H25N3O3/c22-18(20-9-3-4-10-20)21-11-12-23-17-15(21)6-7-16(17)24-13-14-5-1-2-8-19-14/h1-2,5,8,15-17H,3-4,6-7,9-13H2/t15-,16-,17+/m1/s1. The Bertz CT molecular complexity index is 562. The van der Waals surface area contributed by atoms with Gasteiger partial charge in [-0.15, -0.1) is 0 Å². The second-order valence-corrected chi connectivity index (χ2v) is 6.82. The summed E-state index contributed by atoms with van der Waals surface area (Å²) in [6, 6.07) is 6.19. The van der Waals surface area contributed by atoms with E-state index in [1.807, 2.05) is 28.0 Å². The maximum atomic E-state index is 12.8. The molecule has 130 valence electrons. The third-order valence-corrected chi connectivity index (χ3v) is 5.33. The van der Waals surface area contributed by atoms with Crippen LogP contribution in [0.5, 0.6) is 0 Å². The molecule has 0 unspecified atom stereocenters. The van der Waals surface area contributed by atoms with E-state index in [1.165, 1.54) is 0 Å². The van der Waals surface area contributed by atoms with E-state index in [4.69, 9.17) is 9.47 Å². The van der Waals surface area contributed by atoms with E-state index in [9.17, 15) is 4.79 Å². The molecule has 0 aromatic carbocycles. The Morgan fingerprint density at radius 1 is 1.25 bits per heavy atom. The first kappa shape index (κ1) is 15.8. The van der Waals surface area contributed by atoms with Gasteiger partial charge in [-0.3, -0.25) is 4.98 Å². The number of morpholine rings is 1. The number of amides is 2. The highest BCUT2D eigenvalue weighted by Gasteiger charge is 2.46. The van der Waals surface area contributed by atoms with Gasteiger partial charge in [0.25, 0.3) is 0 Å². The normalized spacial score (nSPS) is 29.8. The molecule has 24 heavy (non-hydrogen) atoms. The molecule has 1 aromatic heterocycles. The van der Waals surface area contributed by atoms with Crippen molar-refractivity contribution < 1.29 is 14.3 Å². The van der Waals surface area contributed by atoms with Crippen LogP contribution < -0.4 is 0 Å². The highest BCUT2D eigenvalue weighted by atomic mass is 16.5. The molecular weight excluding hydrogens is 306 g/mol. The number of ether oxygens (including phenoxy) is 2. The summed E-state index contributed by atoms with van der Waals surface area (Å²) in [5.74, 6) is 0. The van der Waals surface area contributed by atoms with Gasteiger partial charge in [0.05, 0.1) is 31.1 Å². The van der Waals surface area contributed by atoms with Crippen LogP contribution in [0.4, 0.5) is 4.79 Å². The number of hydrogen-bond donors (Lipinski definition) is 0. The van der Waals surface area contributed by atoms with E-state index in [1.54, 1.807) is 6.20 Å². The third kappa shape index (κ3) is 3.13. The fraction of sp³-hybridized carbons (Fsp3) is 0.667. The molecule has 3 atom stereocenters. The Balaban J connectivity index is 1.38. The van der Waals surface area contributed by atoms with Gasteiger partial charge in [0.2, 0.25) is 0 Å². The second-order valence-electron chi connectivity index (χ2n) is 6.82. The first-order chi connectivity index (χ1) is 11.8. The molecule has 1 saturated carbocycles. The van der Waals surface area contributed by atoms with Crippen molar-refractivity contribution >= 4 is 6.03 Å². The zero-order valence-corrected chi connectivity index (χ0v) is 14.0. The molecule has 3 heterocycles. The summed E-state index contributed by atoms with van der Waals surface area (Å²) >= 11 is 0. The molecule has 6 heteroatoms. The fourth-order valence-electron chi connectivity index (χ4n) is 4.10. The Morgan fingerprint density at radius 3 is 2.92 bits per heavy atom. The number of fused-ring (bicyclic) bond motifs is 1. The van der Waals surface area contributed by atoms with Crippen LogP contribution in [0.15, 0.2) is 24.4 Å². The van der Waals surface area contributed by atoms with Crippen LogP contribution in [0.3, 0.4) is 0 Å². The maximum absolute atomic E-state index is 12.8. The summed E-state index contributed by atoms with van der Waals surface area (Å²) < 4.78 is 12.1. The molecule has 0 bridgehead atoms. The van der Waals surface area contributed by atoms with Gasteiger partial charge in [0, 0.05) is 25.8 Å². The number of pyridine rings is 1. The lowest BCUT2D eigenvalue weighted by molar-refractivity contribution is -0.109. The number of rotatable bonds is 3. The van der Waals surface area contributed by atoms with Crippen molar-refractivity contribution in [1.82, 2.24) is 14.8 Å². The molecule has 0 N–H and O–H groups in total. The summed E-state index contributed by atoms with van der Waals surface area (Å²) in [4.78, 5) is 21.1. The number of likely N-dealkylation sites (tertiary alicyclic amines) is 1.